The minimum absolute atomic E-state index is 0.558. The van der Waals surface area contributed by atoms with Crippen LogP contribution in [0.5, 0.6) is 0 Å². The summed E-state index contributed by atoms with van der Waals surface area (Å²) in [7, 11) is 4.27. The smallest absolute Gasteiger partial charge is 0.328 e. The van der Waals surface area contributed by atoms with Crippen LogP contribution in [0.3, 0.4) is 0 Å². The largest absolute Gasteiger partial charge is 0.478 e. The minimum atomic E-state index is -1.26. The highest BCUT2D eigenvalue weighted by atomic mass is 32.2. The zero-order chi connectivity index (χ0) is 20.5. The molecule has 0 bridgehead atoms. The number of carboxylic acids is 2. The lowest BCUT2D eigenvalue weighted by Gasteiger charge is -2.33. The van der Waals surface area contributed by atoms with Crippen molar-refractivity contribution in [1.29, 1.82) is 0 Å². The van der Waals surface area contributed by atoms with Gasteiger partial charge in [-0.2, -0.15) is 0 Å². The summed E-state index contributed by atoms with van der Waals surface area (Å²) in [6.07, 6.45) is 2.28. The Kier molecular flexibility index (Phi) is 8.10. The van der Waals surface area contributed by atoms with Gasteiger partial charge in [0, 0.05) is 28.5 Å². The first-order chi connectivity index (χ1) is 13.4. The Bertz CT molecular complexity index is 790. The van der Waals surface area contributed by atoms with E-state index in [9.17, 15) is 9.59 Å². The van der Waals surface area contributed by atoms with Crippen LogP contribution in [0.25, 0.3) is 0 Å². The van der Waals surface area contributed by atoms with Gasteiger partial charge in [0.25, 0.3) is 0 Å². The Hall–Kier alpha value is -2.77. The Labute approximate surface area is 169 Å². The summed E-state index contributed by atoms with van der Waals surface area (Å²) >= 11 is 1.87. The number of carbonyl (C=O) groups is 2. The van der Waals surface area contributed by atoms with Crippen LogP contribution < -0.4 is 4.90 Å². The summed E-state index contributed by atoms with van der Waals surface area (Å²) in [5, 5.41) is 15.6. The number of fused-ring (bicyclic) bond motifs is 2. The number of carboxylic acid groups (broad SMARTS) is 2. The fourth-order valence-electron chi connectivity index (χ4n) is 2.71. The van der Waals surface area contributed by atoms with Crippen molar-refractivity contribution in [3.63, 3.8) is 0 Å². The van der Waals surface area contributed by atoms with Crippen LogP contribution in [0, 0.1) is 0 Å². The number of nitrogens with zero attached hydrogens (tertiary/aromatic N) is 2. The van der Waals surface area contributed by atoms with Crippen molar-refractivity contribution >= 4 is 35.1 Å². The Morgan fingerprint density at radius 2 is 1.39 bits per heavy atom. The Balaban J connectivity index is 0.000000300. The molecule has 0 aromatic heterocycles. The molecule has 148 valence electrons. The molecule has 7 heteroatoms. The van der Waals surface area contributed by atoms with Gasteiger partial charge in [-0.25, -0.2) is 9.59 Å². The monoisotopic (exact) mass is 400 g/mol. The fraction of sp³-hybridized carbons (Fsp3) is 0.238. The Morgan fingerprint density at radius 3 is 1.82 bits per heavy atom. The number of hydrogen-bond donors (Lipinski definition) is 2. The van der Waals surface area contributed by atoms with Crippen LogP contribution in [-0.4, -0.2) is 54.2 Å². The van der Waals surface area contributed by atoms with Crippen LogP contribution in [0.15, 0.2) is 70.5 Å². The minimum Gasteiger partial charge on any atom is -0.478 e. The predicted molar refractivity (Wildman–Crippen MR) is 112 cm³/mol. The van der Waals surface area contributed by atoms with Gasteiger partial charge in [-0.1, -0.05) is 36.0 Å². The number of rotatable bonds is 6. The van der Waals surface area contributed by atoms with Crippen molar-refractivity contribution in [2.45, 2.75) is 16.2 Å². The highest BCUT2D eigenvalue weighted by Crippen LogP contribution is 2.47. The van der Waals surface area contributed by atoms with Gasteiger partial charge in [-0.05, 0) is 51.3 Å². The lowest BCUT2D eigenvalue weighted by atomic mass is 10.2. The molecular formula is C21H24N2O4S. The normalized spacial score (nSPS) is 12.2. The van der Waals surface area contributed by atoms with E-state index >= 15 is 0 Å². The van der Waals surface area contributed by atoms with Crippen molar-refractivity contribution in [3.8, 4) is 0 Å². The molecule has 0 saturated heterocycles. The molecule has 2 N–H and O–H groups in total. The SMILES string of the molecule is CN(C)CCCN1c2ccccc2Sc2ccccc21.O=C(O)/C=C\C(=O)O. The number of hydrogen-bond acceptors (Lipinski definition) is 5. The van der Waals surface area contributed by atoms with Gasteiger partial charge < -0.3 is 20.0 Å². The molecule has 0 radical (unpaired) electrons. The molecule has 6 nitrogen and oxygen atoms in total. The van der Waals surface area contributed by atoms with Gasteiger partial charge in [0.05, 0.1) is 11.4 Å². The zero-order valence-corrected chi connectivity index (χ0v) is 16.7. The van der Waals surface area contributed by atoms with Crippen molar-refractivity contribution in [1.82, 2.24) is 4.90 Å². The predicted octanol–water partition coefficient (Wildman–Crippen LogP) is 3.95. The molecule has 0 unspecified atom stereocenters. The van der Waals surface area contributed by atoms with Crippen LogP contribution >= 0.6 is 11.8 Å². The molecule has 0 amide bonds. The first-order valence-corrected chi connectivity index (χ1v) is 9.62. The second-order valence-electron chi connectivity index (χ2n) is 6.36. The molecule has 28 heavy (non-hydrogen) atoms. The second-order valence-corrected chi connectivity index (χ2v) is 7.44. The van der Waals surface area contributed by atoms with Crippen molar-refractivity contribution in [2.75, 3.05) is 32.1 Å². The van der Waals surface area contributed by atoms with Crippen LogP contribution in [0.1, 0.15) is 6.42 Å². The standard InChI is InChI=1S/C17H20N2S.C4H4O4/c1-18(2)12-7-13-19-14-8-3-5-10-16(14)20-17-11-6-4-9-15(17)19;5-3(6)1-2-4(7)8/h3-6,8-11H,7,12-13H2,1-2H3;1-2H,(H,5,6)(H,7,8)/b;2-1-. The third kappa shape index (κ3) is 6.44. The molecule has 0 saturated carbocycles. The first kappa shape index (κ1) is 21.5. The fourth-order valence-corrected chi connectivity index (χ4v) is 3.81. The van der Waals surface area contributed by atoms with Crippen molar-refractivity contribution in [3.05, 3.63) is 60.7 Å². The molecule has 1 aliphatic heterocycles. The number of para-hydroxylation sites is 2. The molecule has 0 aliphatic carbocycles. The van der Waals surface area contributed by atoms with Gasteiger partial charge in [0.1, 0.15) is 0 Å². The lowest BCUT2D eigenvalue weighted by molar-refractivity contribution is -0.134. The van der Waals surface area contributed by atoms with E-state index in [4.69, 9.17) is 10.2 Å². The quantitative estimate of drug-likeness (QED) is 0.711. The summed E-state index contributed by atoms with van der Waals surface area (Å²) in [6.45, 7) is 2.18. The van der Waals surface area contributed by atoms with E-state index in [1.54, 1.807) is 0 Å². The third-order valence-electron chi connectivity index (χ3n) is 3.89. The molecule has 0 atom stereocenters. The summed E-state index contributed by atoms with van der Waals surface area (Å²) in [4.78, 5) is 26.5. The maximum atomic E-state index is 9.55. The van der Waals surface area contributed by atoms with Gasteiger partial charge in [-0.3, -0.25) is 0 Å². The molecule has 0 fully saturated rings. The Morgan fingerprint density at radius 1 is 0.929 bits per heavy atom. The first-order valence-electron chi connectivity index (χ1n) is 8.80. The van der Waals surface area contributed by atoms with Crippen LogP contribution in [0.4, 0.5) is 11.4 Å². The molecular weight excluding hydrogens is 376 g/mol. The van der Waals surface area contributed by atoms with E-state index in [1.807, 2.05) is 11.8 Å². The number of benzene rings is 2. The molecule has 0 spiro atoms. The molecule has 1 heterocycles. The average molecular weight is 401 g/mol. The molecule has 2 aromatic carbocycles. The van der Waals surface area contributed by atoms with Crippen LogP contribution in [-0.2, 0) is 9.59 Å². The van der Waals surface area contributed by atoms with Gasteiger partial charge >= 0.3 is 11.9 Å². The molecule has 3 rings (SSSR count). The number of anilines is 2. The second kappa shape index (κ2) is 10.5. The topological polar surface area (TPSA) is 81.1 Å². The molecule has 1 aliphatic rings. The van der Waals surface area contributed by atoms with E-state index in [0.29, 0.717) is 12.2 Å². The van der Waals surface area contributed by atoms with E-state index in [2.05, 4.69) is 72.4 Å². The van der Waals surface area contributed by atoms with Gasteiger partial charge in [0.2, 0.25) is 0 Å². The third-order valence-corrected chi connectivity index (χ3v) is 5.02. The van der Waals surface area contributed by atoms with Crippen molar-refractivity contribution < 1.29 is 19.8 Å². The number of aliphatic carboxylic acids is 2. The lowest BCUT2D eigenvalue weighted by Crippen LogP contribution is -2.25. The summed E-state index contributed by atoms with van der Waals surface area (Å²) < 4.78 is 0. The average Bonchev–Trinajstić information content (AvgIpc) is 2.66. The molecule has 2 aromatic rings. The van der Waals surface area contributed by atoms with Crippen molar-refractivity contribution in [2.24, 2.45) is 0 Å². The van der Waals surface area contributed by atoms with E-state index < -0.39 is 11.9 Å². The maximum absolute atomic E-state index is 9.55. The summed E-state index contributed by atoms with van der Waals surface area (Å²) in [5.41, 5.74) is 2.69. The van der Waals surface area contributed by atoms with Gasteiger partial charge in [-0.15, -0.1) is 0 Å². The highest BCUT2D eigenvalue weighted by molar-refractivity contribution is 7.99. The van der Waals surface area contributed by atoms with E-state index in [-0.39, 0.29) is 0 Å². The van der Waals surface area contributed by atoms with Crippen LogP contribution in [0.2, 0.25) is 0 Å². The van der Waals surface area contributed by atoms with E-state index in [0.717, 1.165) is 13.1 Å². The van der Waals surface area contributed by atoms with E-state index in [1.165, 1.54) is 27.6 Å². The summed E-state index contributed by atoms with van der Waals surface area (Å²) in [6, 6.07) is 17.4. The highest BCUT2D eigenvalue weighted by Gasteiger charge is 2.22. The zero-order valence-electron chi connectivity index (χ0n) is 15.9. The van der Waals surface area contributed by atoms with Gasteiger partial charge in [0.15, 0.2) is 0 Å². The summed E-state index contributed by atoms with van der Waals surface area (Å²) in [5.74, 6) is -2.51. The maximum Gasteiger partial charge on any atom is 0.328 e.